The molecule has 25 heavy (non-hydrogen) atoms. The molecule has 1 aliphatic rings. The lowest BCUT2D eigenvalue weighted by Gasteiger charge is -2.11. The minimum Gasteiger partial charge on any atom is -0.507 e. The number of aromatic hydroxyl groups is 1. The van der Waals surface area contributed by atoms with E-state index in [0.29, 0.717) is 12.2 Å². The fourth-order valence-electron chi connectivity index (χ4n) is 4.18. The lowest BCUT2D eigenvalue weighted by Crippen LogP contribution is -2.11. The van der Waals surface area contributed by atoms with Crippen LogP contribution in [-0.2, 0) is 17.8 Å². The van der Waals surface area contributed by atoms with E-state index in [4.69, 9.17) is 5.73 Å². The number of hydrogen-bond acceptors (Lipinski definition) is 2. The number of hydrogen-bond donors (Lipinski definition) is 2. The molecular weight excluding hydrogens is 312 g/mol. The van der Waals surface area contributed by atoms with E-state index < -0.39 is 0 Å². The third-order valence-electron chi connectivity index (χ3n) is 5.28. The van der Waals surface area contributed by atoms with Gasteiger partial charge in [-0.1, -0.05) is 36.4 Å². The highest BCUT2D eigenvalue weighted by atomic mass is 16.3. The molecule has 1 atom stereocenters. The van der Waals surface area contributed by atoms with Gasteiger partial charge in [0.2, 0.25) is 5.91 Å². The topological polar surface area (TPSA) is 68.2 Å². The average molecular weight is 334 g/mol. The van der Waals surface area contributed by atoms with Crippen LogP contribution >= 0.6 is 0 Å². The van der Waals surface area contributed by atoms with E-state index in [0.717, 1.165) is 36.7 Å². The summed E-state index contributed by atoms with van der Waals surface area (Å²) < 4.78 is 2.32. The summed E-state index contributed by atoms with van der Waals surface area (Å²) in [6.45, 7) is 0.790. The summed E-state index contributed by atoms with van der Waals surface area (Å²) in [4.78, 5) is 11.2. The van der Waals surface area contributed by atoms with Crippen LogP contribution in [0.15, 0.2) is 48.5 Å². The van der Waals surface area contributed by atoms with Crippen LogP contribution in [0.5, 0.6) is 5.75 Å². The standard InChI is InChI=1S/C21H22N2O2/c22-19(25)12-10-15-9-11-17-20(15)21-16(7-4-8-18(21)24)23(17)13-14-5-2-1-3-6-14/h1-8,15,24H,9-13H2,(H2,22,25). The van der Waals surface area contributed by atoms with Crippen LogP contribution in [0.1, 0.15) is 42.0 Å². The van der Waals surface area contributed by atoms with Crippen molar-refractivity contribution in [1.29, 1.82) is 0 Å². The number of rotatable bonds is 5. The molecule has 4 rings (SSSR count). The summed E-state index contributed by atoms with van der Waals surface area (Å²) >= 11 is 0. The Bertz CT molecular complexity index is 928. The number of phenolic OH excluding ortho intramolecular Hbond substituents is 1. The van der Waals surface area contributed by atoms with Crippen LogP contribution in [0.2, 0.25) is 0 Å². The largest absolute Gasteiger partial charge is 0.507 e. The lowest BCUT2D eigenvalue weighted by atomic mass is 9.94. The molecule has 1 amide bonds. The minimum absolute atomic E-state index is 0.259. The molecule has 4 heteroatoms. The molecule has 0 fully saturated rings. The van der Waals surface area contributed by atoms with Crippen molar-refractivity contribution in [2.24, 2.45) is 5.73 Å². The van der Waals surface area contributed by atoms with Gasteiger partial charge in [0.1, 0.15) is 5.75 Å². The van der Waals surface area contributed by atoms with Crippen molar-refractivity contribution >= 4 is 16.8 Å². The van der Waals surface area contributed by atoms with Gasteiger partial charge >= 0.3 is 0 Å². The van der Waals surface area contributed by atoms with E-state index in [1.807, 2.05) is 24.3 Å². The molecule has 0 spiro atoms. The van der Waals surface area contributed by atoms with Gasteiger partial charge in [-0.2, -0.15) is 0 Å². The monoisotopic (exact) mass is 334 g/mol. The number of primary amides is 1. The Morgan fingerprint density at radius 3 is 2.72 bits per heavy atom. The second kappa shape index (κ2) is 6.28. The molecule has 3 N–H and O–H groups in total. The summed E-state index contributed by atoms with van der Waals surface area (Å²) in [6.07, 6.45) is 3.13. The Morgan fingerprint density at radius 1 is 1.16 bits per heavy atom. The first kappa shape index (κ1) is 15.8. The van der Waals surface area contributed by atoms with E-state index in [1.165, 1.54) is 16.8 Å². The molecule has 3 aromatic rings. The average Bonchev–Trinajstić information content (AvgIpc) is 3.14. The Hall–Kier alpha value is -2.75. The predicted octanol–water partition coefficient (Wildman–Crippen LogP) is 3.69. The van der Waals surface area contributed by atoms with Crippen LogP contribution in [0, 0.1) is 0 Å². The number of benzene rings is 2. The van der Waals surface area contributed by atoms with Crippen molar-refractivity contribution in [3.8, 4) is 5.75 Å². The summed E-state index contributed by atoms with van der Waals surface area (Å²) in [7, 11) is 0. The molecule has 0 saturated heterocycles. The second-order valence-electron chi connectivity index (χ2n) is 6.84. The molecule has 128 valence electrons. The lowest BCUT2D eigenvalue weighted by molar-refractivity contribution is -0.118. The Kier molecular flexibility index (Phi) is 3.96. The number of fused-ring (bicyclic) bond motifs is 3. The van der Waals surface area contributed by atoms with Gasteiger partial charge in [-0.05, 0) is 48.4 Å². The molecule has 2 aromatic carbocycles. The van der Waals surface area contributed by atoms with Gasteiger partial charge in [-0.25, -0.2) is 0 Å². The quantitative estimate of drug-likeness (QED) is 0.747. The van der Waals surface area contributed by atoms with E-state index in [9.17, 15) is 9.90 Å². The molecule has 0 bridgehead atoms. The van der Waals surface area contributed by atoms with Crippen molar-refractivity contribution in [3.05, 3.63) is 65.4 Å². The number of nitrogens with zero attached hydrogens (tertiary/aromatic N) is 1. The second-order valence-corrected chi connectivity index (χ2v) is 6.84. The van der Waals surface area contributed by atoms with Crippen LogP contribution in [0.4, 0.5) is 0 Å². The molecule has 0 radical (unpaired) electrons. The van der Waals surface area contributed by atoms with Gasteiger partial charge in [0, 0.05) is 24.0 Å². The first-order valence-electron chi connectivity index (χ1n) is 8.80. The van der Waals surface area contributed by atoms with Crippen LogP contribution in [-0.4, -0.2) is 15.6 Å². The van der Waals surface area contributed by atoms with E-state index in [1.54, 1.807) is 6.07 Å². The third kappa shape index (κ3) is 2.78. The first-order valence-corrected chi connectivity index (χ1v) is 8.80. The number of nitrogens with two attached hydrogens (primary N) is 1. The van der Waals surface area contributed by atoms with Gasteiger partial charge in [0.05, 0.1) is 5.52 Å². The maximum absolute atomic E-state index is 11.2. The van der Waals surface area contributed by atoms with Crippen molar-refractivity contribution in [2.45, 2.75) is 38.1 Å². The highest BCUT2D eigenvalue weighted by molar-refractivity contribution is 5.92. The number of amides is 1. The summed E-state index contributed by atoms with van der Waals surface area (Å²) in [5.74, 6) is 0.354. The van der Waals surface area contributed by atoms with Crippen LogP contribution in [0.25, 0.3) is 10.9 Å². The van der Waals surface area contributed by atoms with Crippen molar-refractivity contribution in [3.63, 3.8) is 0 Å². The normalized spacial score (nSPS) is 16.2. The van der Waals surface area contributed by atoms with Gasteiger partial charge in [-0.3, -0.25) is 4.79 Å². The summed E-state index contributed by atoms with van der Waals surface area (Å²) in [5.41, 5.74) is 10.2. The molecule has 1 aliphatic carbocycles. The van der Waals surface area contributed by atoms with Crippen molar-refractivity contribution in [2.75, 3.05) is 0 Å². The summed E-state index contributed by atoms with van der Waals surface area (Å²) in [6, 6.07) is 16.1. The number of carbonyl (C=O) groups excluding carboxylic acids is 1. The smallest absolute Gasteiger partial charge is 0.217 e. The van der Waals surface area contributed by atoms with Gasteiger partial charge < -0.3 is 15.4 Å². The third-order valence-corrected chi connectivity index (χ3v) is 5.28. The number of carbonyl (C=O) groups is 1. The van der Waals surface area contributed by atoms with Crippen molar-refractivity contribution < 1.29 is 9.90 Å². The van der Waals surface area contributed by atoms with Crippen LogP contribution in [0.3, 0.4) is 0 Å². The Morgan fingerprint density at radius 2 is 1.96 bits per heavy atom. The molecule has 0 aliphatic heterocycles. The van der Waals surface area contributed by atoms with E-state index in [2.05, 4.69) is 22.8 Å². The van der Waals surface area contributed by atoms with Crippen LogP contribution < -0.4 is 5.73 Å². The molecule has 1 aromatic heterocycles. The van der Waals surface area contributed by atoms with Gasteiger partial charge in [-0.15, -0.1) is 0 Å². The molecule has 1 unspecified atom stereocenters. The Labute approximate surface area is 146 Å². The molecule has 4 nitrogen and oxygen atoms in total. The minimum atomic E-state index is -0.259. The van der Waals surface area contributed by atoms with Crippen molar-refractivity contribution in [1.82, 2.24) is 4.57 Å². The highest BCUT2D eigenvalue weighted by Crippen LogP contribution is 2.45. The van der Waals surface area contributed by atoms with Gasteiger partial charge in [0.25, 0.3) is 0 Å². The highest BCUT2D eigenvalue weighted by Gasteiger charge is 2.31. The number of aromatic nitrogens is 1. The summed E-state index contributed by atoms with van der Waals surface area (Å²) in [5, 5.41) is 11.4. The fourth-order valence-corrected chi connectivity index (χ4v) is 4.18. The number of phenols is 1. The maximum Gasteiger partial charge on any atom is 0.217 e. The zero-order valence-corrected chi connectivity index (χ0v) is 14.1. The molecule has 0 saturated carbocycles. The Balaban J connectivity index is 1.82. The SMILES string of the molecule is NC(=O)CCC1CCc2c1c1c(O)cccc1n2Cc1ccccc1. The molecular formula is C21H22N2O2. The first-order chi connectivity index (χ1) is 12.1. The van der Waals surface area contributed by atoms with Gasteiger partial charge in [0.15, 0.2) is 0 Å². The zero-order chi connectivity index (χ0) is 17.4. The molecule has 1 heterocycles. The van der Waals surface area contributed by atoms with E-state index >= 15 is 0 Å². The van der Waals surface area contributed by atoms with E-state index in [-0.39, 0.29) is 11.8 Å². The predicted molar refractivity (Wildman–Crippen MR) is 98.6 cm³/mol. The fraction of sp³-hybridized carbons (Fsp3) is 0.286. The zero-order valence-electron chi connectivity index (χ0n) is 14.1. The maximum atomic E-state index is 11.2.